The molecule has 0 amide bonds. The van der Waals surface area contributed by atoms with Crippen molar-refractivity contribution in [2.45, 2.75) is 5.51 Å². The van der Waals surface area contributed by atoms with Gasteiger partial charge in [-0.1, -0.05) is 17.3 Å². The summed E-state index contributed by atoms with van der Waals surface area (Å²) in [5, 5.41) is 10.9. The molecule has 28 heavy (non-hydrogen) atoms. The highest BCUT2D eigenvalue weighted by Crippen LogP contribution is 2.34. The second-order valence-corrected chi connectivity index (χ2v) is 6.97. The van der Waals surface area contributed by atoms with E-state index < -0.39 is 21.2 Å². The molecule has 0 aliphatic heterocycles. The summed E-state index contributed by atoms with van der Waals surface area (Å²) < 4.78 is 67.6. The van der Waals surface area contributed by atoms with E-state index in [0.29, 0.717) is 18.8 Å². The molecule has 1 N–H and O–H groups in total. The van der Waals surface area contributed by atoms with Gasteiger partial charge in [0.05, 0.1) is 5.69 Å². The molecular formula is C16H16F3N5O3S. The fourth-order valence-corrected chi connectivity index (χ4v) is 2.62. The lowest BCUT2D eigenvalue weighted by Crippen LogP contribution is -2.30. The van der Waals surface area contributed by atoms with Crippen molar-refractivity contribution in [1.29, 1.82) is 0 Å². The molecule has 1 heterocycles. The number of nitrogens with one attached hydrogen (secondary N) is 1. The first kappa shape index (κ1) is 21.2. The van der Waals surface area contributed by atoms with E-state index in [0.717, 1.165) is 0 Å². The van der Waals surface area contributed by atoms with Crippen LogP contribution in [-0.2, 0) is 10.0 Å². The molecule has 0 aliphatic rings. The lowest BCUT2D eigenvalue weighted by molar-refractivity contribution is -0.0429. The molecule has 2 aromatic rings. The minimum Gasteiger partial charge on any atom is -0.364 e. The molecule has 0 aliphatic carbocycles. The predicted octanol–water partition coefficient (Wildman–Crippen LogP) is 4.53. The number of hydrogen-bond donors (Lipinski definition) is 1. The molecule has 1 aromatic carbocycles. The molecule has 150 valence electrons. The number of hydrogen-bond acceptors (Lipinski definition) is 7. The van der Waals surface area contributed by atoms with Crippen LogP contribution in [0.1, 0.15) is 0 Å². The van der Waals surface area contributed by atoms with Gasteiger partial charge in [0.1, 0.15) is 12.0 Å². The van der Waals surface area contributed by atoms with Gasteiger partial charge in [-0.2, -0.15) is 21.6 Å². The van der Waals surface area contributed by atoms with Crippen LogP contribution in [0, 0.1) is 0 Å². The van der Waals surface area contributed by atoms with Crippen LogP contribution in [0.4, 0.5) is 36.1 Å². The van der Waals surface area contributed by atoms with E-state index in [1.54, 1.807) is 23.1 Å². The third-order valence-corrected chi connectivity index (χ3v) is 4.38. The SMILES string of the molecule is C=CCN(CC=C)c1ccc(N=Nc2ccon2)c(NS(=O)(=O)C(F)(F)F)c1. The van der Waals surface area contributed by atoms with Crippen molar-refractivity contribution in [2.75, 3.05) is 22.7 Å². The van der Waals surface area contributed by atoms with Gasteiger partial charge < -0.3 is 9.42 Å². The average Bonchev–Trinajstić information content (AvgIpc) is 3.12. The highest BCUT2D eigenvalue weighted by molar-refractivity contribution is 7.93. The van der Waals surface area contributed by atoms with Crippen molar-refractivity contribution in [2.24, 2.45) is 10.2 Å². The summed E-state index contributed by atoms with van der Waals surface area (Å²) >= 11 is 0. The van der Waals surface area contributed by atoms with E-state index in [-0.39, 0.29) is 11.5 Å². The number of halogens is 3. The Morgan fingerprint density at radius 3 is 2.39 bits per heavy atom. The molecule has 0 unspecified atom stereocenters. The molecule has 12 heteroatoms. The monoisotopic (exact) mass is 415 g/mol. The van der Waals surface area contributed by atoms with Crippen LogP contribution in [0.25, 0.3) is 0 Å². The van der Waals surface area contributed by atoms with Crippen LogP contribution in [0.2, 0.25) is 0 Å². The first-order valence-corrected chi connectivity index (χ1v) is 9.18. The molecule has 8 nitrogen and oxygen atoms in total. The van der Waals surface area contributed by atoms with Gasteiger partial charge in [0, 0.05) is 24.8 Å². The topological polar surface area (TPSA) is 100 Å². The van der Waals surface area contributed by atoms with Crippen LogP contribution < -0.4 is 9.62 Å². The Kier molecular flexibility index (Phi) is 6.57. The van der Waals surface area contributed by atoms with E-state index in [4.69, 9.17) is 0 Å². The normalized spacial score (nSPS) is 12.1. The Hall–Kier alpha value is -3.15. The minimum atomic E-state index is -5.66. The Bertz CT molecular complexity index is 946. The quantitative estimate of drug-likeness (QED) is 0.479. The van der Waals surface area contributed by atoms with E-state index in [1.165, 1.54) is 29.2 Å². The number of rotatable bonds is 9. The first-order chi connectivity index (χ1) is 13.2. The van der Waals surface area contributed by atoms with Crippen molar-refractivity contribution >= 4 is 32.9 Å². The van der Waals surface area contributed by atoms with E-state index in [2.05, 4.69) is 33.1 Å². The molecule has 1 aromatic heterocycles. The molecule has 0 bridgehead atoms. The lowest BCUT2D eigenvalue weighted by atomic mass is 10.2. The fourth-order valence-electron chi connectivity index (χ4n) is 2.05. The molecule has 0 radical (unpaired) electrons. The van der Waals surface area contributed by atoms with Crippen LogP contribution in [0.15, 0.2) is 70.6 Å². The van der Waals surface area contributed by atoms with Gasteiger partial charge in [-0.15, -0.1) is 23.4 Å². The van der Waals surface area contributed by atoms with E-state index >= 15 is 0 Å². The second-order valence-electron chi connectivity index (χ2n) is 5.29. The van der Waals surface area contributed by atoms with Crippen molar-refractivity contribution in [1.82, 2.24) is 5.16 Å². The summed E-state index contributed by atoms with van der Waals surface area (Å²) in [4.78, 5) is 1.71. The summed E-state index contributed by atoms with van der Waals surface area (Å²) in [5.74, 6) is 0.0636. The molecule has 0 spiro atoms. The molecule has 0 fully saturated rings. The van der Waals surface area contributed by atoms with Crippen LogP contribution in [0.5, 0.6) is 0 Å². The number of nitrogens with zero attached hydrogens (tertiary/aromatic N) is 4. The first-order valence-electron chi connectivity index (χ1n) is 7.70. The maximum Gasteiger partial charge on any atom is 0.516 e. The second kappa shape index (κ2) is 8.69. The predicted molar refractivity (Wildman–Crippen MR) is 98.3 cm³/mol. The molecule has 0 atom stereocenters. The largest absolute Gasteiger partial charge is 0.516 e. The van der Waals surface area contributed by atoms with Crippen molar-refractivity contribution < 1.29 is 26.1 Å². The number of sulfonamides is 1. The highest BCUT2D eigenvalue weighted by atomic mass is 32.2. The van der Waals surface area contributed by atoms with Gasteiger partial charge in [-0.05, 0) is 18.2 Å². The summed E-state index contributed by atoms with van der Waals surface area (Å²) in [7, 11) is -5.66. The summed E-state index contributed by atoms with van der Waals surface area (Å²) in [6.07, 6.45) is 4.40. The van der Waals surface area contributed by atoms with Gasteiger partial charge >= 0.3 is 15.5 Å². The Morgan fingerprint density at radius 1 is 1.18 bits per heavy atom. The zero-order valence-electron chi connectivity index (χ0n) is 14.4. The minimum absolute atomic E-state index is 0.0636. The Balaban J connectivity index is 2.49. The third-order valence-electron chi connectivity index (χ3n) is 3.28. The highest BCUT2D eigenvalue weighted by Gasteiger charge is 2.46. The standard InChI is InChI=1S/C16H16F3N5O3S/c1-3-8-24(9-4-2)12-5-6-13(20-21-15-7-10-27-22-15)14(11-12)23-28(25,26)16(17,18)19/h3-7,10-11,23H,1-2,8-9H2. The number of benzene rings is 1. The Morgan fingerprint density at radius 2 is 1.86 bits per heavy atom. The number of azo groups is 1. The van der Waals surface area contributed by atoms with Crippen molar-refractivity contribution in [3.63, 3.8) is 0 Å². The van der Waals surface area contributed by atoms with Crippen LogP contribution in [0.3, 0.4) is 0 Å². The fraction of sp³-hybridized carbons (Fsp3) is 0.188. The average molecular weight is 415 g/mol. The summed E-state index contributed by atoms with van der Waals surface area (Å²) in [6, 6.07) is 5.46. The van der Waals surface area contributed by atoms with Gasteiger partial charge in [0.25, 0.3) is 0 Å². The number of anilines is 2. The molecular weight excluding hydrogens is 399 g/mol. The zero-order chi connectivity index (χ0) is 20.8. The smallest absolute Gasteiger partial charge is 0.364 e. The summed E-state index contributed by atoms with van der Waals surface area (Å²) in [6.45, 7) is 7.94. The van der Waals surface area contributed by atoms with Gasteiger partial charge in [-0.3, -0.25) is 4.72 Å². The molecule has 0 saturated heterocycles. The molecule has 0 saturated carbocycles. The zero-order valence-corrected chi connectivity index (χ0v) is 15.2. The third kappa shape index (κ3) is 5.19. The lowest BCUT2D eigenvalue weighted by Gasteiger charge is -2.23. The van der Waals surface area contributed by atoms with Gasteiger partial charge in [-0.25, -0.2) is 0 Å². The maximum atomic E-state index is 12.8. The molecule has 2 rings (SSSR count). The van der Waals surface area contributed by atoms with Crippen LogP contribution in [-0.4, -0.2) is 32.2 Å². The van der Waals surface area contributed by atoms with Gasteiger partial charge in [0.15, 0.2) is 0 Å². The Labute approximate surface area is 159 Å². The van der Waals surface area contributed by atoms with E-state index in [1.807, 2.05) is 0 Å². The van der Waals surface area contributed by atoms with Crippen LogP contribution >= 0.6 is 0 Å². The van der Waals surface area contributed by atoms with Crippen molar-refractivity contribution in [3.05, 3.63) is 55.8 Å². The number of aromatic nitrogens is 1. The van der Waals surface area contributed by atoms with E-state index in [9.17, 15) is 21.6 Å². The number of alkyl halides is 3. The summed E-state index contributed by atoms with van der Waals surface area (Å²) in [5.41, 5.74) is -5.61. The van der Waals surface area contributed by atoms with Crippen molar-refractivity contribution in [3.8, 4) is 0 Å². The van der Waals surface area contributed by atoms with Gasteiger partial charge in [0.2, 0.25) is 5.82 Å². The maximum absolute atomic E-state index is 12.8.